The van der Waals surface area contributed by atoms with Gasteiger partial charge in [0.05, 0.1) is 11.4 Å². The predicted octanol–water partition coefficient (Wildman–Crippen LogP) is 1.05. The smallest absolute Gasteiger partial charge is 0.264 e. The molecule has 2 N–H and O–H groups in total. The van der Waals surface area contributed by atoms with E-state index in [0.29, 0.717) is 11.4 Å². The van der Waals surface area contributed by atoms with E-state index in [1.165, 1.54) is 16.2 Å². The molecular formula is C13H20N2O3S2. The molecule has 5 nitrogen and oxygen atoms in total. The minimum absolute atomic E-state index is 0.0675. The maximum atomic E-state index is 11.9. The number of amides is 2. The normalized spacial score (nSPS) is 10.3. The number of nitrogens with one attached hydrogen (secondary N) is 1. The van der Waals surface area contributed by atoms with E-state index in [9.17, 15) is 9.59 Å². The summed E-state index contributed by atoms with van der Waals surface area (Å²) in [6.07, 6.45) is 0.774. The van der Waals surface area contributed by atoms with Crippen molar-refractivity contribution in [1.82, 2.24) is 10.2 Å². The summed E-state index contributed by atoms with van der Waals surface area (Å²) in [6, 6.07) is 3.56. The number of thiophene rings is 1. The molecule has 20 heavy (non-hydrogen) atoms. The quantitative estimate of drug-likeness (QED) is 0.668. The average Bonchev–Trinajstić information content (AvgIpc) is 2.95. The van der Waals surface area contributed by atoms with Gasteiger partial charge in [-0.25, -0.2) is 0 Å². The van der Waals surface area contributed by atoms with Gasteiger partial charge in [-0.05, 0) is 23.6 Å². The minimum Gasteiger partial charge on any atom is -0.396 e. The number of nitrogens with zero attached hydrogens (tertiary/aromatic N) is 1. The van der Waals surface area contributed by atoms with Crippen molar-refractivity contribution in [1.29, 1.82) is 0 Å². The van der Waals surface area contributed by atoms with Crippen LogP contribution in [0.4, 0.5) is 0 Å². The Bertz CT molecular complexity index is 410. The van der Waals surface area contributed by atoms with Crippen molar-refractivity contribution in [3.8, 4) is 0 Å². The van der Waals surface area contributed by atoms with Crippen LogP contribution in [0, 0.1) is 0 Å². The molecule has 0 saturated heterocycles. The van der Waals surface area contributed by atoms with Gasteiger partial charge < -0.3 is 15.3 Å². The molecule has 112 valence electrons. The molecule has 0 bridgehead atoms. The number of carbonyl (C=O) groups excluding carboxylic acids is 2. The topological polar surface area (TPSA) is 69.6 Å². The molecule has 1 heterocycles. The van der Waals surface area contributed by atoms with Gasteiger partial charge in [-0.1, -0.05) is 6.07 Å². The molecule has 0 aliphatic rings. The van der Waals surface area contributed by atoms with Crippen LogP contribution in [0.15, 0.2) is 17.5 Å². The molecule has 0 spiro atoms. The van der Waals surface area contributed by atoms with Crippen LogP contribution in [0.25, 0.3) is 0 Å². The number of aliphatic hydroxyl groups is 1. The molecule has 0 saturated carbocycles. The van der Waals surface area contributed by atoms with E-state index in [1.54, 1.807) is 24.9 Å². The van der Waals surface area contributed by atoms with Gasteiger partial charge in [0.2, 0.25) is 5.91 Å². The van der Waals surface area contributed by atoms with Crippen molar-refractivity contribution < 1.29 is 14.7 Å². The van der Waals surface area contributed by atoms with Crippen LogP contribution in [0.1, 0.15) is 16.1 Å². The predicted molar refractivity (Wildman–Crippen MR) is 83.3 cm³/mol. The number of hydrogen-bond acceptors (Lipinski definition) is 5. The summed E-state index contributed by atoms with van der Waals surface area (Å²) in [5.74, 6) is 1.42. The standard InChI is InChI=1S/C13H20N2O3S2/c1-15(13(18)11-4-2-8-20-11)10-12(17)14-5-9-19-7-3-6-16/h2,4,8,16H,3,5-7,9-10H2,1H3,(H,14,17). The largest absolute Gasteiger partial charge is 0.396 e. The Morgan fingerprint density at radius 3 is 2.90 bits per heavy atom. The molecule has 0 aliphatic heterocycles. The number of rotatable bonds is 9. The molecule has 1 aromatic rings. The van der Waals surface area contributed by atoms with E-state index in [2.05, 4.69) is 5.32 Å². The summed E-state index contributed by atoms with van der Waals surface area (Å²) in [4.78, 5) is 25.6. The second-order valence-corrected chi connectivity index (χ2v) is 6.35. The average molecular weight is 316 g/mol. The second kappa shape index (κ2) is 9.79. The number of thioether (sulfide) groups is 1. The first-order chi connectivity index (χ1) is 9.65. The fourth-order valence-corrected chi connectivity index (χ4v) is 2.96. The highest BCUT2D eigenvalue weighted by Gasteiger charge is 2.15. The molecule has 0 fully saturated rings. The lowest BCUT2D eigenvalue weighted by Crippen LogP contribution is -2.38. The maximum absolute atomic E-state index is 11.9. The summed E-state index contributed by atoms with van der Waals surface area (Å²) >= 11 is 3.06. The molecule has 0 radical (unpaired) electrons. The number of carbonyl (C=O) groups is 2. The highest BCUT2D eigenvalue weighted by molar-refractivity contribution is 7.99. The summed E-state index contributed by atoms with van der Waals surface area (Å²) in [6.45, 7) is 0.850. The van der Waals surface area contributed by atoms with Crippen LogP contribution < -0.4 is 5.32 Å². The van der Waals surface area contributed by atoms with E-state index >= 15 is 0 Å². The first-order valence-electron chi connectivity index (χ1n) is 6.39. The maximum Gasteiger partial charge on any atom is 0.264 e. The lowest BCUT2D eigenvalue weighted by molar-refractivity contribution is -0.121. The Labute approximate surface area is 127 Å². The van der Waals surface area contributed by atoms with E-state index in [1.807, 2.05) is 11.4 Å². The van der Waals surface area contributed by atoms with Gasteiger partial charge in [0, 0.05) is 26.0 Å². The highest BCUT2D eigenvalue weighted by Crippen LogP contribution is 2.10. The lowest BCUT2D eigenvalue weighted by atomic mass is 10.4. The Morgan fingerprint density at radius 2 is 2.25 bits per heavy atom. The van der Waals surface area contributed by atoms with Crippen molar-refractivity contribution in [3.63, 3.8) is 0 Å². The van der Waals surface area contributed by atoms with Gasteiger partial charge in [-0.2, -0.15) is 11.8 Å². The summed E-state index contributed by atoms with van der Waals surface area (Å²) in [5.41, 5.74) is 0. The molecule has 0 aliphatic carbocycles. The van der Waals surface area contributed by atoms with Crippen LogP contribution >= 0.6 is 23.1 Å². The minimum atomic E-state index is -0.153. The summed E-state index contributed by atoms with van der Waals surface area (Å²) < 4.78 is 0. The zero-order valence-electron chi connectivity index (χ0n) is 11.5. The fraction of sp³-hybridized carbons (Fsp3) is 0.538. The molecule has 7 heteroatoms. The van der Waals surface area contributed by atoms with Crippen molar-refractivity contribution >= 4 is 34.9 Å². The lowest BCUT2D eigenvalue weighted by Gasteiger charge is -2.15. The monoisotopic (exact) mass is 316 g/mol. The van der Waals surface area contributed by atoms with Gasteiger partial charge >= 0.3 is 0 Å². The van der Waals surface area contributed by atoms with Gasteiger partial charge in [-0.15, -0.1) is 11.3 Å². The molecule has 2 amide bonds. The number of likely N-dealkylation sites (N-methyl/N-ethyl adjacent to an activating group) is 1. The fourth-order valence-electron chi connectivity index (χ4n) is 1.46. The van der Waals surface area contributed by atoms with Gasteiger partial charge in [0.1, 0.15) is 0 Å². The van der Waals surface area contributed by atoms with E-state index in [4.69, 9.17) is 5.11 Å². The Hall–Kier alpha value is -1.05. The number of hydrogen-bond donors (Lipinski definition) is 2. The van der Waals surface area contributed by atoms with Crippen LogP contribution in [-0.2, 0) is 4.79 Å². The molecule has 1 rings (SSSR count). The van der Waals surface area contributed by atoms with Crippen LogP contribution in [-0.4, -0.2) is 60.1 Å². The molecule has 0 atom stereocenters. The summed E-state index contributed by atoms with van der Waals surface area (Å²) in [5, 5.41) is 13.2. The second-order valence-electron chi connectivity index (χ2n) is 4.18. The van der Waals surface area contributed by atoms with Gasteiger partial charge in [0.15, 0.2) is 0 Å². The van der Waals surface area contributed by atoms with Crippen molar-refractivity contribution in [3.05, 3.63) is 22.4 Å². The third kappa shape index (κ3) is 6.40. The molecule has 0 unspecified atom stereocenters. The zero-order chi connectivity index (χ0) is 14.8. The van der Waals surface area contributed by atoms with E-state index in [0.717, 1.165) is 17.9 Å². The van der Waals surface area contributed by atoms with Crippen LogP contribution in [0.2, 0.25) is 0 Å². The molecule has 0 aromatic carbocycles. The third-order valence-electron chi connectivity index (χ3n) is 2.47. The van der Waals surface area contributed by atoms with Crippen LogP contribution in [0.3, 0.4) is 0 Å². The third-order valence-corrected chi connectivity index (χ3v) is 4.40. The number of aliphatic hydroxyl groups excluding tert-OH is 1. The van der Waals surface area contributed by atoms with Crippen molar-refractivity contribution in [2.24, 2.45) is 0 Å². The van der Waals surface area contributed by atoms with Crippen molar-refractivity contribution in [2.75, 3.05) is 38.2 Å². The highest BCUT2D eigenvalue weighted by atomic mass is 32.2. The first-order valence-corrected chi connectivity index (χ1v) is 8.43. The molecular weight excluding hydrogens is 296 g/mol. The van der Waals surface area contributed by atoms with Gasteiger partial charge in [0.25, 0.3) is 5.91 Å². The van der Waals surface area contributed by atoms with Gasteiger partial charge in [-0.3, -0.25) is 9.59 Å². The SMILES string of the molecule is CN(CC(=O)NCCSCCCO)C(=O)c1cccs1. The van der Waals surface area contributed by atoms with Crippen molar-refractivity contribution in [2.45, 2.75) is 6.42 Å². The molecule has 1 aromatic heterocycles. The van der Waals surface area contributed by atoms with E-state index in [-0.39, 0.29) is 25.0 Å². The Morgan fingerprint density at radius 1 is 1.45 bits per heavy atom. The Kier molecular flexibility index (Phi) is 8.32. The van der Waals surface area contributed by atoms with Crippen LogP contribution in [0.5, 0.6) is 0 Å². The summed E-state index contributed by atoms with van der Waals surface area (Å²) in [7, 11) is 1.62. The van der Waals surface area contributed by atoms with E-state index < -0.39 is 0 Å². The first kappa shape index (κ1) is 17.0. The Balaban J connectivity index is 2.17. The zero-order valence-corrected chi connectivity index (χ0v) is 13.1.